The predicted octanol–water partition coefficient (Wildman–Crippen LogP) is 1.81. The van der Waals surface area contributed by atoms with Gasteiger partial charge in [-0.05, 0) is 25.0 Å². The molecule has 1 aromatic carbocycles. The van der Waals surface area contributed by atoms with Gasteiger partial charge in [-0.3, -0.25) is 4.79 Å². The Morgan fingerprint density at radius 1 is 1.46 bits per heavy atom. The molecule has 0 spiro atoms. The quantitative estimate of drug-likeness (QED) is 0.555. The smallest absolute Gasteiger partial charge is 0.230 e. The third-order valence-electron chi connectivity index (χ3n) is 3.66. The highest BCUT2D eigenvalue weighted by molar-refractivity contribution is 9.10. The molecule has 2 aromatic rings. The molecule has 7 nitrogen and oxygen atoms in total. The molecule has 1 fully saturated rings. The summed E-state index contributed by atoms with van der Waals surface area (Å²) in [6.07, 6.45) is 2.20. The predicted molar refractivity (Wildman–Crippen MR) is 96.0 cm³/mol. The minimum Gasteiger partial charge on any atom is -0.376 e. The van der Waals surface area contributed by atoms with Crippen LogP contribution in [0.2, 0.25) is 0 Å². The van der Waals surface area contributed by atoms with Crippen molar-refractivity contribution in [2.24, 2.45) is 0 Å². The molecule has 1 atom stereocenters. The molecule has 1 amide bonds. The van der Waals surface area contributed by atoms with E-state index >= 15 is 0 Å². The number of carbonyl (C=O) groups is 1. The fraction of sp³-hybridized carbons (Fsp3) is 0.400. The van der Waals surface area contributed by atoms with E-state index in [1.54, 1.807) is 0 Å². The summed E-state index contributed by atoms with van der Waals surface area (Å²) in [6, 6.07) is 7.63. The van der Waals surface area contributed by atoms with Crippen LogP contribution in [0.1, 0.15) is 12.8 Å². The lowest BCUT2D eigenvalue weighted by Crippen LogP contribution is -2.33. The third kappa shape index (κ3) is 4.08. The first kappa shape index (κ1) is 17.2. The second kappa shape index (κ2) is 8.00. The summed E-state index contributed by atoms with van der Waals surface area (Å²) in [4.78, 5) is 11.9. The van der Waals surface area contributed by atoms with Gasteiger partial charge in [0.15, 0.2) is 5.82 Å². The summed E-state index contributed by atoms with van der Waals surface area (Å²) < 4.78 is 7.76. The van der Waals surface area contributed by atoms with E-state index in [9.17, 15) is 4.79 Å². The lowest BCUT2D eigenvalue weighted by molar-refractivity contribution is -0.119. The summed E-state index contributed by atoms with van der Waals surface area (Å²) >= 11 is 4.73. The van der Waals surface area contributed by atoms with Crippen molar-refractivity contribution >= 4 is 33.6 Å². The molecule has 0 unspecified atom stereocenters. The number of rotatable bonds is 6. The summed E-state index contributed by atoms with van der Waals surface area (Å²) in [5.41, 5.74) is 0.849. The molecule has 1 aliphatic rings. The van der Waals surface area contributed by atoms with Crippen LogP contribution in [0.4, 0.5) is 0 Å². The molecule has 0 aliphatic carbocycles. The molecular formula is C15H18BrN5O2S. The zero-order valence-electron chi connectivity index (χ0n) is 12.9. The number of ether oxygens (including phenoxy) is 1. The highest BCUT2D eigenvalue weighted by atomic mass is 79.9. The molecule has 2 heterocycles. The third-order valence-corrected chi connectivity index (χ3v) is 5.30. The fourth-order valence-corrected chi connectivity index (χ4v) is 3.56. The van der Waals surface area contributed by atoms with E-state index in [1.165, 1.54) is 16.4 Å². The second-order valence-electron chi connectivity index (χ2n) is 5.38. The summed E-state index contributed by atoms with van der Waals surface area (Å²) in [7, 11) is 0. The Balaban J connectivity index is 1.56. The van der Waals surface area contributed by atoms with Crippen molar-refractivity contribution in [3.63, 3.8) is 0 Å². The van der Waals surface area contributed by atoms with Crippen LogP contribution in [0, 0.1) is 0 Å². The minimum absolute atomic E-state index is 0.0686. The highest BCUT2D eigenvalue weighted by Crippen LogP contribution is 2.27. The van der Waals surface area contributed by atoms with Gasteiger partial charge in [-0.25, -0.2) is 4.68 Å². The normalized spacial score (nSPS) is 17.1. The average Bonchev–Trinajstić information content (AvgIpc) is 3.22. The first-order chi connectivity index (χ1) is 11.6. The van der Waals surface area contributed by atoms with Gasteiger partial charge in [0.05, 0.1) is 11.9 Å². The molecular weight excluding hydrogens is 394 g/mol. The van der Waals surface area contributed by atoms with Crippen LogP contribution in [0.5, 0.6) is 0 Å². The molecule has 0 bridgehead atoms. The Bertz CT molecular complexity index is 718. The van der Waals surface area contributed by atoms with Gasteiger partial charge in [0, 0.05) is 23.2 Å². The Labute approximate surface area is 152 Å². The Kier molecular flexibility index (Phi) is 5.75. The van der Waals surface area contributed by atoms with E-state index in [1.807, 2.05) is 24.3 Å². The van der Waals surface area contributed by atoms with Crippen LogP contribution in [0.3, 0.4) is 0 Å². The van der Waals surface area contributed by atoms with Crippen LogP contribution >= 0.6 is 27.7 Å². The summed E-state index contributed by atoms with van der Waals surface area (Å²) in [6.45, 7) is 1.33. The van der Waals surface area contributed by atoms with Gasteiger partial charge < -0.3 is 15.9 Å². The molecule has 1 saturated heterocycles. The van der Waals surface area contributed by atoms with E-state index < -0.39 is 0 Å². The van der Waals surface area contributed by atoms with Crippen molar-refractivity contribution in [1.82, 2.24) is 20.2 Å². The fourth-order valence-electron chi connectivity index (χ4n) is 2.42. The summed E-state index contributed by atoms with van der Waals surface area (Å²) in [5, 5.41) is 11.6. The number of nitrogens with two attached hydrogens (primary N) is 1. The maximum Gasteiger partial charge on any atom is 0.230 e. The van der Waals surface area contributed by atoms with Gasteiger partial charge >= 0.3 is 0 Å². The zero-order chi connectivity index (χ0) is 16.9. The van der Waals surface area contributed by atoms with E-state index in [4.69, 9.17) is 10.6 Å². The maximum atomic E-state index is 11.9. The number of halogens is 1. The van der Waals surface area contributed by atoms with Crippen LogP contribution in [-0.2, 0) is 9.53 Å². The lowest BCUT2D eigenvalue weighted by atomic mass is 10.2. The topological polar surface area (TPSA) is 95.1 Å². The number of aromatic nitrogens is 3. The Morgan fingerprint density at radius 2 is 2.29 bits per heavy atom. The van der Waals surface area contributed by atoms with Gasteiger partial charge in [0.25, 0.3) is 0 Å². The van der Waals surface area contributed by atoms with E-state index in [-0.39, 0.29) is 17.8 Å². The van der Waals surface area contributed by atoms with E-state index in [2.05, 4.69) is 31.4 Å². The van der Waals surface area contributed by atoms with Gasteiger partial charge in [-0.1, -0.05) is 39.8 Å². The number of hydrogen-bond acceptors (Lipinski definition) is 6. The number of amides is 1. The second-order valence-corrected chi connectivity index (χ2v) is 7.18. The van der Waals surface area contributed by atoms with Crippen LogP contribution in [0.15, 0.2) is 33.9 Å². The number of nitrogens with one attached hydrogen (secondary N) is 1. The highest BCUT2D eigenvalue weighted by Gasteiger charge is 2.18. The first-order valence-corrected chi connectivity index (χ1v) is 9.39. The largest absolute Gasteiger partial charge is 0.376 e. The Morgan fingerprint density at radius 3 is 3.04 bits per heavy atom. The van der Waals surface area contributed by atoms with Crippen LogP contribution < -0.4 is 11.2 Å². The van der Waals surface area contributed by atoms with Crippen molar-refractivity contribution in [3.8, 4) is 11.4 Å². The van der Waals surface area contributed by atoms with Crippen molar-refractivity contribution in [3.05, 3.63) is 28.7 Å². The molecule has 24 heavy (non-hydrogen) atoms. The SMILES string of the molecule is Nn1c(SCC(=O)NC[C@@H]2CCCO2)nnc1-c1ccccc1Br. The van der Waals surface area contributed by atoms with Crippen LogP contribution in [-0.4, -0.2) is 45.8 Å². The minimum atomic E-state index is -0.0686. The average molecular weight is 412 g/mol. The van der Waals surface area contributed by atoms with Crippen molar-refractivity contribution < 1.29 is 9.53 Å². The van der Waals surface area contributed by atoms with E-state index in [0.717, 1.165) is 29.5 Å². The molecule has 0 radical (unpaired) electrons. The maximum absolute atomic E-state index is 11.9. The number of nitrogen functional groups attached to an aromatic ring is 1. The number of nitrogens with zero attached hydrogens (tertiary/aromatic N) is 3. The molecule has 9 heteroatoms. The molecule has 3 N–H and O–H groups in total. The standard InChI is InChI=1S/C15H18BrN5O2S/c16-12-6-2-1-5-11(12)14-19-20-15(21(14)17)24-9-13(22)18-8-10-4-3-7-23-10/h1-2,5-6,10H,3-4,7-9,17H2,(H,18,22)/t10-/m0/s1. The molecule has 1 aliphatic heterocycles. The van der Waals surface area contributed by atoms with Gasteiger partial charge in [-0.15, -0.1) is 10.2 Å². The molecule has 1 aromatic heterocycles. The number of thioether (sulfide) groups is 1. The number of carbonyl (C=O) groups excluding carboxylic acids is 1. The molecule has 0 saturated carbocycles. The van der Waals surface area contributed by atoms with Gasteiger partial charge in [-0.2, -0.15) is 0 Å². The van der Waals surface area contributed by atoms with Crippen molar-refractivity contribution in [2.45, 2.75) is 24.1 Å². The van der Waals surface area contributed by atoms with E-state index in [0.29, 0.717) is 17.5 Å². The van der Waals surface area contributed by atoms with Crippen molar-refractivity contribution in [1.29, 1.82) is 0 Å². The summed E-state index contributed by atoms with van der Waals surface area (Å²) in [5.74, 6) is 6.77. The molecule has 128 valence electrons. The lowest BCUT2D eigenvalue weighted by Gasteiger charge is -2.10. The number of benzene rings is 1. The van der Waals surface area contributed by atoms with Gasteiger partial charge in [0.1, 0.15) is 0 Å². The zero-order valence-corrected chi connectivity index (χ0v) is 15.3. The van der Waals surface area contributed by atoms with Crippen molar-refractivity contribution in [2.75, 3.05) is 24.7 Å². The van der Waals surface area contributed by atoms with Gasteiger partial charge in [0.2, 0.25) is 11.1 Å². The number of hydrogen-bond donors (Lipinski definition) is 2. The monoisotopic (exact) mass is 411 g/mol. The molecule has 3 rings (SSSR count). The Hall–Kier alpha value is -1.58. The van der Waals surface area contributed by atoms with Crippen LogP contribution in [0.25, 0.3) is 11.4 Å². The first-order valence-electron chi connectivity index (χ1n) is 7.61.